The van der Waals surface area contributed by atoms with Crippen molar-refractivity contribution in [3.05, 3.63) is 29.8 Å². The summed E-state index contributed by atoms with van der Waals surface area (Å²) in [6.45, 7) is 9.61. The normalized spacial score (nSPS) is 19.2. The molecule has 8 nitrogen and oxygen atoms in total. The molecule has 0 aliphatic carbocycles. The van der Waals surface area contributed by atoms with Crippen LogP contribution < -0.4 is 9.80 Å². The van der Waals surface area contributed by atoms with E-state index < -0.39 is 0 Å². The van der Waals surface area contributed by atoms with Crippen molar-refractivity contribution in [2.75, 3.05) is 56.1 Å². The minimum atomic E-state index is 0.0215. The molecule has 0 spiro atoms. The number of likely N-dealkylation sites (N-methyl/N-ethyl adjacent to an activating group) is 1. The molecule has 2 aromatic rings. The molecule has 0 unspecified atom stereocenters. The Bertz CT molecular complexity index is 833. The number of hydrogen-bond donors (Lipinski definition) is 0. The molecule has 8 heteroatoms. The van der Waals surface area contributed by atoms with Crippen molar-refractivity contribution < 1.29 is 4.79 Å². The lowest BCUT2D eigenvalue weighted by molar-refractivity contribution is 0.0793. The van der Waals surface area contributed by atoms with Crippen LogP contribution in [-0.4, -0.2) is 76.9 Å². The summed E-state index contributed by atoms with van der Waals surface area (Å²) in [6, 6.07) is 4.04. The number of piperidine rings is 1. The molecule has 2 aliphatic rings. The van der Waals surface area contributed by atoms with Crippen molar-refractivity contribution in [3.8, 4) is 0 Å². The summed E-state index contributed by atoms with van der Waals surface area (Å²) >= 11 is 0. The number of carbonyl (C=O) groups excluding carboxylic acids is 1. The van der Waals surface area contributed by atoms with Gasteiger partial charge in [-0.25, -0.2) is 14.6 Å². The van der Waals surface area contributed by atoms with Gasteiger partial charge in [-0.2, -0.15) is 5.10 Å². The molecule has 0 amide bonds. The van der Waals surface area contributed by atoms with Crippen molar-refractivity contribution in [2.24, 2.45) is 5.92 Å². The van der Waals surface area contributed by atoms with E-state index in [4.69, 9.17) is 0 Å². The Kier molecular flexibility index (Phi) is 5.30. The first kappa shape index (κ1) is 18.9. The van der Waals surface area contributed by atoms with Crippen LogP contribution in [0.1, 0.15) is 29.0 Å². The minimum absolute atomic E-state index is 0.0215. The highest BCUT2D eigenvalue weighted by molar-refractivity contribution is 5.81. The Hall–Kier alpha value is -2.48. The van der Waals surface area contributed by atoms with Crippen molar-refractivity contribution in [1.29, 1.82) is 0 Å². The van der Waals surface area contributed by atoms with E-state index in [0.29, 0.717) is 0 Å². The number of carbonyl (C=O) groups is 1. The van der Waals surface area contributed by atoms with E-state index in [0.717, 1.165) is 75.1 Å². The number of aryl methyl sites for hydroxylation is 2. The second-order valence-corrected chi connectivity index (χ2v) is 7.96. The van der Waals surface area contributed by atoms with Crippen LogP contribution in [0, 0.1) is 19.8 Å². The molecule has 2 aromatic heterocycles. The summed E-state index contributed by atoms with van der Waals surface area (Å²) in [7, 11) is 2.15. The predicted molar refractivity (Wildman–Crippen MR) is 109 cm³/mol. The van der Waals surface area contributed by atoms with Gasteiger partial charge in [-0.3, -0.25) is 4.79 Å². The van der Waals surface area contributed by atoms with Gasteiger partial charge in [0.15, 0.2) is 0 Å². The maximum Gasteiger partial charge on any atom is 0.250 e. The van der Waals surface area contributed by atoms with Crippen LogP contribution in [0.25, 0.3) is 0 Å². The van der Waals surface area contributed by atoms with E-state index in [1.807, 2.05) is 19.9 Å². The van der Waals surface area contributed by atoms with Gasteiger partial charge in [-0.15, -0.1) is 0 Å². The van der Waals surface area contributed by atoms with Gasteiger partial charge in [-0.05, 0) is 39.8 Å². The number of nitrogens with zero attached hydrogens (tertiary/aromatic N) is 7. The predicted octanol–water partition coefficient (Wildman–Crippen LogP) is 1.60. The Labute approximate surface area is 166 Å². The highest BCUT2D eigenvalue weighted by atomic mass is 16.2. The Balaban J connectivity index is 1.39. The van der Waals surface area contributed by atoms with Gasteiger partial charge in [0.05, 0.1) is 5.69 Å². The largest absolute Gasteiger partial charge is 0.356 e. The third-order valence-corrected chi connectivity index (χ3v) is 5.85. The standard InChI is InChI=1S/C20H29N7O/c1-15-12-16(2)27(23-15)20(28)17-4-6-25(7-5-17)18-13-19(22-14-21-18)26-10-8-24(3)9-11-26/h12-14,17H,4-11H2,1-3H3. The van der Waals surface area contributed by atoms with Crippen LogP contribution >= 0.6 is 0 Å². The summed E-state index contributed by atoms with van der Waals surface area (Å²) in [4.78, 5) is 28.7. The summed E-state index contributed by atoms with van der Waals surface area (Å²) in [5, 5.41) is 4.36. The molecule has 2 saturated heterocycles. The lowest BCUT2D eigenvalue weighted by Gasteiger charge is -2.35. The molecule has 2 aliphatic heterocycles. The zero-order valence-electron chi connectivity index (χ0n) is 17.0. The highest BCUT2D eigenvalue weighted by Crippen LogP contribution is 2.25. The lowest BCUT2D eigenvalue weighted by atomic mass is 9.96. The van der Waals surface area contributed by atoms with Gasteiger partial charge < -0.3 is 14.7 Å². The zero-order valence-corrected chi connectivity index (χ0v) is 17.0. The first-order chi connectivity index (χ1) is 13.5. The summed E-state index contributed by atoms with van der Waals surface area (Å²) in [6.07, 6.45) is 3.31. The molecular weight excluding hydrogens is 354 g/mol. The molecule has 0 atom stereocenters. The number of hydrogen-bond acceptors (Lipinski definition) is 7. The molecule has 28 heavy (non-hydrogen) atoms. The Morgan fingerprint density at radius 1 is 0.929 bits per heavy atom. The van der Waals surface area contributed by atoms with Crippen molar-refractivity contribution >= 4 is 17.5 Å². The average Bonchev–Trinajstić information content (AvgIpc) is 3.06. The number of aromatic nitrogens is 4. The van der Waals surface area contributed by atoms with E-state index in [-0.39, 0.29) is 11.8 Å². The topological polar surface area (TPSA) is 70.4 Å². The molecule has 2 fully saturated rings. The summed E-state index contributed by atoms with van der Waals surface area (Å²) in [5.74, 6) is 2.10. The van der Waals surface area contributed by atoms with Crippen molar-refractivity contribution in [1.82, 2.24) is 24.6 Å². The van der Waals surface area contributed by atoms with Gasteiger partial charge in [0.1, 0.15) is 18.0 Å². The van der Waals surface area contributed by atoms with Gasteiger partial charge in [0.25, 0.3) is 0 Å². The van der Waals surface area contributed by atoms with Crippen LogP contribution in [0.4, 0.5) is 11.6 Å². The van der Waals surface area contributed by atoms with Crippen LogP contribution in [0.2, 0.25) is 0 Å². The molecule has 0 radical (unpaired) electrons. The zero-order chi connectivity index (χ0) is 19.7. The van der Waals surface area contributed by atoms with E-state index in [1.54, 1.807) is 11.0 Å². The monoisotopic (exact) mass is 383 g/mol. The minimum Gasteiger partial charge on any atom is -0.356 e. The molecule has 4 heterocycles. The van der Waals surface area contributed by atoms with Gasteiger partial charge >= 0.3 is 0 Å². The smallest absolute Gasteiger partial charge is 0.250 e. The fourth-order valence-electron chi connectivity index (χ4n) is 4.10. The third kappa shape index (κ3) is 3.87. The quantitative estimate of drug-likeness (QED) is 0.797. The molecule has 4 rings (SSSR count). The van der Waals surface area contributed by atoms with Crippen LogP contribution in [0.3, 0.4) is 0 Å². The maximum absolute atomic E-state index is 12.8. The Morgan fingerprint density at radius 3 is 2.11 bits per heavy atom. The van der Waals surface area contributed by atoms with Crippen molar-refractivity contribution in [3.63, 3.8) is 0 Å². The van der Waals surface area contributed by atoms with Crippen molar-refractivity contribution in [2.45, 2.75) is 26.7 Å². The fraction of sp³-hybridized carbons (Fsp3) is 0.600. The first-order valence-corrected chi connectivity index (χ1v) is 10.1. The van der Waals surface area contributed by atoms with E-state index in [2.05, 4.69) is 42.9 Å². The molecule has 0 bridgehead atoms. The highest BCUT2D eigenvalue weighted by Gasteiger charge is 2.28. The summed E-state index contributed by atoms with van der Waals surface area (Å²) in [5.41, 5.74) is 1.80. The summed E-state index contributed by atoms with van der Waals surface area (Å²) < 4.78 is 1.58. The lowest BCUT2D eigenvalue weighted by Crippen LogP contribution is -2.45. The molecule has 0 N–H and O–H groups in total. The number of piperazine rings is 1. The van der Waals surface area contributed by atoms with Crippen LogP contribution in [0.15, 0.2) is 18.5 Å². The number of anilines is 2. The van der Waals surface area contributed by atoms with Gasteiger partial charge in [-0.1, -0.05) is 0 Å². The third-order valence-electron chi connectivity index (χ3n) is 5.85. The first-order valence-electron chi connectivity index (χ1n) is 10.1. The molecule has 0 saturated carbocycles. The maximum atomic E-state index is 12.8. The molecular formula is C20H29N7O. The van der Waals surface area contributed by atoms with E-state index >= 15 is 0 Å². The second kappa shape index (κ2) is 7.87. The van der Waals surface area contributed by atoms with Crippen LogP contribution in [-0.2, 0) is 0 Å². The van der Waals surface area contributed by atoms with E-state index in [1.165, 1.54) is 0 Å². The Morgan fingerprint density at radius 2 is 1.54 bits per heavy atom. The average molecular weight is 384 g/mol. The molecule has 150 valence electrons. The van der Waals surface area contributed by atoms with Gasteiger partial charge in [0.2, 0.25) is 5.91 Å². The number of rotatable bonds is 3. The SMILES string of the molecule is Cc1cc(C)n(C(=O)C2CCN(c3cc(N4CCN(C)CC4)ncn3)CC2)n1. The van der Waals surface area contributed by atoms with Crippen LogP contribution in [0.5, 0.6) is 0 Å². The molecule has 0 aromatic carbocycles. The fourth-order valence-corrected chi connectivity index (χ4v) is 4.10. The van der Waals surface area contributed by atoms with E-state index in [9.17, 15) is 4.79 Å². The van der Waals surface area contributed by atoms with Gasteiger partial charge in [0, 0.05) is 56.9 Å². The second-order valence-electron chi connectivity index (χ2n) is 7.96.